The molecule has 1 heterocycles. The predicted molar refractivity (Wildman–Crippen MR) is 103 cm³/mol. The minimum Gasteiger partial charge on any atom is -0.354 e. The number of hydrogen-bond donors (Lipinski definition) is 2. The van der Waals surface area contributed by atoms with Crippen LogP contribution in [0, 0.1) is 6.92 Å². The maximum Gasteiger partial charge on any atom is 0.257 e. The van der Waals surface area contributed by atoms with Gasteiger partial charge in [-0.05, 0) is 43.3 Å². The van der Waals surface area contributed by atoms with Crippen molar-refractivity contribution >= 4 is 46.2 Å². The molecular weight excluding hydrogens is 357 g/mol. The summed E-state index contributed by atoms with van der Waals surface area (Å²) in [6.45, 7) is 1.99. The van der Waals surface area contributed by atoms with Crippen LogP contribution in [-0.2, 0) is 0 Å². The van der Waals surface area contributed by atoms with Crippen LogP contribution in [0.3, 0.4) is 0 Å². The first kappa shape index (κ1) is 17.3. The first-order valence-corrected chi connectivity index (χ1v) is 8.31. The fourth-order valence-corrected chi connectivity index (χ4v) is 2.79. The number of nitrogens with zero attached hydrogens (tertiary/aromatic N) is 1. The number of nitrogens with one attached hydrogen (secondary N) is 2. The Bertz CT molecular complexity index is 891. The van der Waals surface area contributed by atoms with Gasteiger partial charge in [0.05, 0.1) is 17.4 Å². The van der Waals surface area contributed by atoms with Gasteiger partial charge in [0.1, 0.15) is 0 Å². The molecule has 4 nitrogen and oxygen atoms in total. The molecule has 0 saturated heterocycles. The Labute approximate surface area is 155 Å². The summed E-state index contributed by atoms with van der Waals surface area (Å²) in [6, 6.07) is 14.4. The zero-order valence-electron chi connectivity index (χ0n) is 13.4. The fraction of sp³-hybridized carbons (Fsp3) is 0.0526. The molecule has 3 rings (SSSR count). The molecule has 1 amide bonds. The third-order valence-electron chi connectivity index (χ3n) is 3.46. The van der Waals surface area contributed by atoms with E-state index in [2.05, 4.69) is 15.6 Å². The smallest absolute Gasteiger partial charge is 0.257 e. The Morgan fingerprint density at radius 1 is 0.880 bits per heavy atom. The van der Waals surface area contributed by atoms with Crippen LogP contribution in [0.5, 0.6) is 0 Å². The van der Waals surface area contributed by atoms with E-state index in [1.807, 2.05) is 31.2 Å². The van der Waals surface area contributed by atoms with Crippen molar-refractivity contribution in [1.82, 2.24) is 4.98 Å². The minimum absolute atomic E-state index is 0.232. The van der Waals surface area contributed by atoms with Crippen molar-refractivity contribution in [3.05, 3.63) is 82.1 Å². The van der Waals surface area contributed by atoms with Gasteiger partial charge in [-0.15, -0.1) is 0 Å². The van der Waals surface area contributed by atoms with Crippen LogP contribution >= 0.6 is 23.2 Å². The van der Waals surface area contributed by atoms with Gasteiger partial charge in [-0.1, -0.05) is 40.9 Å². The molecule has 126 valence electrons. The average Bonchev–Trinajstić information content (AvgIpc) is 2.56. The van der Waals surface area contributed by atoms with E-state index in [1.54, 1.807) is 30.5 Å². The summed E-state index contributed by atoms with van der Waals surface area (Å²) in [4.78, 5) is 16.5. The molecule has 0 atom stereocenters. The zero-order chi connectivity index (χ0) is 17.8. The van der Waals surface area contributed by atoms with Crippen LogP contribution in [0.25, 0.3) is 0 Å². The number of amides is 1. The second-order valence-corrected chi connectivity index (χ2v) is 6.44. The summed E-state index contributed by atoms with van der Waals surface area (Å²) in [7, 11) is 0. The van der Waals surface area contributed by atoms with Crippen LogP contribution in [0.15, 0.2) is 60.9 Å². The Kier molecular flexibility index (Phi) is 5.22. The molecule has 0 aliphatic rings. The predicted octanol–water partition coefficient (Wildman–Crippen LogP) is 5.69. The Morgan fingerprint density at radius 3 is 2.24 bits per heavy atom. The lowest BCUT2D eigenvalue weighted by Crippen LogP contribution is -2.12. The normalized spacial score (nSPS) is 10.4. The molecule has 2 N–H and O–H groups in total. The summed E-state index contributed by atoms with van der Waals surface area (Å²) >= 11 is 12.0. The Morgan fingerprint density at radius 2 is 1.56 bits per heavy atom. The summed E-state index contributed by atoms with van der Waals surface area (Å²) in [5.74, 6) is -0.232. The van der Waals surface area contributed by atoms with Crippen molar-refractivity contribution in [3.63, 3.8) is 0 Å². The number of benzene rings is 2. The van der Waals surface area contributed by atoms with Gasteiger partial charge < -0.3 is 10.6 Å². The molecular formula is C19H15Cl2N3O. The van der Waals surface area contributed by atoms with Crippen LogP contribution < -0.4 is 10.6 Å². The van der Waals surface area contributed by atoms with Crippen molar-refractivity contribution in [2.75, 3.05) is 10.6 Å². The quantitative estimate of drug-likeness (QED) is 0.618. The molecule has 0 saturated carbocycles. The van der Waals surface area contributed by atoms with Gasteiger partial charge in [-0.2, -0.15) is 0 Å². The molecule has 2 aromatic carbocycles. The number of hydrogen-bond acceptors (Lipinski definition) is 3. The molecule has 1 aromatic heterocycles. The number of halogens is 2. The fourth-order valence-electron chi connectivity index (χ4n) is 2.27. The lowest BCUT2D eigenvalue weighted by atomic mass is 10.2. The highest BCUT2D eigenvalue weighted by molar-refractivity contribution is 6.35. The van der Waals surface area contributed by atoms with E-state index in [0.29, 0.717) is 21.3 Å². The highest BCUT2D eigenvalue weighted by atomic mass is 35.5. The summed E-state index contributed by atoms with van der Waals surface area (Å²) in [5, 5.41) is 7.04. The van der Waals surface area contributed by atoms with E-state index >= 15 is 0 Å². The largest absolute Gasteiger partial charge is 0.354 e. The third-order valence-corrected chi connectivity index (χ3v) is 3.90. The van der Waals surface area contributed by atoms with E-state index in [1.165, 1.54) is 6.20 Å². The van der Waals surface area contributed by atoms with Gasteiger partial charge in [0.15, 0.2) is 0 Å². The van der Waals surface area contributed by atoms with Gasteiger partial charge in [0.25, 0.3) is 5.91 Å². The third kappa shape index (κ3) is 4.72. The van der Waals surface area contributed by atoms with E-state index in [4.69, 9.17) is 23.2 Å². The van der Waals surface area contributed by atoms with E-state index < -0.39 is 0 Å². The van der Waals surface area contributed by atoms with Gasteiger partial charge >= 0.3 is 0 Å². The first-order valence-electron chi connectivity index (χ1n) is 7.56. The molecule has 25 heavy (non-hydrogen) atoms. The van der Waals surface area contributed by atoms with Crippen LogP contribution in [-0.4, -0.2) is 10.9 Å². The summed E-state index contributed by atoms with van der Waals surface area (Å²) in [5.41, 5.74) is 3.69. The monoisotopic (exact) mass is 371 g/mol. The molecule has 0 fully saturated rings. The molecule has 3 aromatic rings. The number of pyridine rings is 1. The maximum atomic E-state index is 12.4. The topological polar surface area (TPSA) is 54.0 Å². The van der Waals surface area contributed by atoms with Crippen molar-refractivity contribution in [2.24, 2.45) is 0 Å². The van der Waals surface area contributed by atoms with Crippen LogP contribution in [0.2, 0.25) is 10.0 Å². The summed E-state index contributed by atoms with van der Waals surface area (Å²) < 4.78 is 0. The van der Waals surface area contributed by atoms with Gasteiger partial charge in [0.2, 0.25) is 0 Å². The van der Waals surface area contributed by atoms with Crippen molar-refractivity contribution in [1.29, 1.82) is 0 Å². The maximum absolute atomic E-state index is 12.4. The lowest BCUT2D eigenvalue weighted by Gasteiger charge is -2.09. The number of aryl methyl sites for hydroxylation is 1. The van der Waals surface area contributed by atoms with E-state index in [0.717, 1.165) is 16.9 Å². The van der Waals surface area contributed by atoms with Crippen LogP contribution in [0.4, 0.5) is 17.1 Å². The van der Waals surface area contributed by atoms with Gasteiger partial charge in [-0.3, -0.25) is 9.78 Å². The molecule has 6 heteroatoms. The molecule has 0 aliphatic heterocycles. The highest BCUT2D eigenvalue weighted by Gasteiger charge is 2.08. The Balaban J connectivity index is 1.76. The minimum atomic E-state index is -0.232. The zero-order valence-corrected chi connectivity index (χ0v) is 14.9. The summed E-state index contributed by atoms with van der Waals surface area (Å²) in [6.07, 6.45) is 3.14. The molecule has 0 radical (unpaired) electrons. The van der Waals surface area contributed by atoms with Crippen molar-refractivity contribution in [2.45, 2.75) is 6.92 Å². The highest BCUT2D eigenvalue weighted by Crippen LogP contribution is 2.25. The number of aromatic nitrogens is 1. The van der Waals surface area contributed by atoms with Crippen molar-refractivity contribution < 1.29 is 4.79 Å². The van der Waals surface area contributed by atoms with E-state index in [9.17, 15) is 4.79 Å². The SMILES string of the molecule is Cc1ccc(NC(=O)c2cncc(Nc3cc(Cl)cc(Cl)c3)c2)cc1. The van der Waals surface area contributed by atoms with E-state index in [-0.39, 0.29) is 5.91 Å². The number of carbonyl (C=O) groups is 1. The van der Waals surface area contributed by atoms with Gasteiger partial charge in [-0.25, -0.2) is 0 Å². The molecule has 0 unspecified atom stereocenters. The molecule has 0 spiro atoms. The number of carbonyl (C=O) groups excluding carboxylic acids is 1. The lowest BCUT2D eigenvalue weighted by molar-refractivity contribution is 0.102. The number of rotatable bonds is 4. The first-order chi connectivity index (χ1) is 12.0. The average molecular weight is 372 g/mol. The molecule has 0 aliphatic carbocycles. The Hall–Kier alpha value is -2.56. The number of anilines is 3. The molecule has 0 bridgehead atoms. The second kappa shape index (κ2) is 7.55. The second-order valence-electron chi connectivity index (χ2n) is 5.57. The van der Waals surface area contributed by atoms with Gasteiger partial charge in [0, 0.05) is 27.6 Å². The standard InChI is InChI=1S/C19H15Cl2N3O/c1-12-2-4-16(5-3-12)24-19(25)13-6-18(11-22-10-13)23-17-8-14(20)7-15(21)9-17/h2-11,23H,1H3,(H,24,25). The van der Waals surface area contributed by atoms with Crippen molar-refractivity contribution in [3.8, 4) is 0 Å². The van der Waals surface area contributed by atoms with Crippen LogP contribution in [0.1, 0.15) is 15.9 Å².